The van der Waals surface area contributed by atoms with Crippen LogP contribution in [-0.2, 0) is 11.2 Å². The molecule has 1 heterocycles. The summed E-state index contributed by atoms with van der Waals surface area (Å²) in [4.78, 5) is 13.9. The molecule has 1 aromatic rings. The summed E-state index contributed by atoms with van der Waals surface area (Å²) in [5.74, 6) is -1.15. The van der Waals surface area contributed by atoms with Crippen molar-refractivity contribution < 1.29 is 18.7 Å². The SMILES string of the molecule is O=C(O)Cc1cc(Cl)c(Br)c(C(F)F)n1. The number of nitrogens with zero attached hydrogens (tertiary/aromatic N) is 1. The lowest BCUT2D eigenvalue weighted by Gasteiger charge is -2.06. The Labute approximate surface area is 97.2 Å². The summed E-state index contributed by atoms with van der Waals surface area (Å²) < 4.78 is 24.8. The Morgan fingerprint density at radius 3 is 2.73 bits per heavy atom. The van der Waals surface area contributed by atoms with Gasteiger partial charge in [0.25, 0.3) is 6.43 Å². The van der Waals surface area contributed by atoms with Crippen LogP contribution in [0.15, 0.2) is 10.5 Å². The summed E-state index contributed by atoms with van der Waals surface area (Å²) in [5.41, 5.74) is -0.537. The lowest BCUT2D eigenvalue weighted by atomic mass is 10.2. The molecule has 0 aliphatic heterocycles. The molecule has 1 rings (SSSR count). The molecule has 82 valence electrons. The molecule has 0 saturated heterocycles. The number of hydrogen-bond acceptors (Lipinski definition) is 2. The molecule has 0 aliphatic carbocycles. The summed E-state index contributed by atoms with van der Waals surface area (Å²) in [6.07, 6.45) is -3.24. The van der Waals surface area contributed by atoms with Crippen molar-refractivity contribution in [2.24, 2.45) is 0 Å². The highest BCUT2D eigenvalue weighted by atomic mass is 79.9. The quantitative estimate of drug-likeness (QED) is 0.933. The minimum atomic E-state index is -2.80. The first-order valence-electron chi connectivity index (χ1n) is 3.76. The second-order valence-electron chi connectivity index (χ2n) is 2.67. The van der Waals surface area contributed by atoms with E-state index >= 15 is 0 Å². The van der Waals surface area contributed by atoms with E-state index in [0.29, 0.717) is 0 Å². The van der Waals surface area contributed by atoms with Crippen LogP contribution in [0.4, 0.5) is 8.78 Å². The molecule has 7 heteroatoms. The fraction of sp³-hybridized carbons (Fsp3) is 0.250. The summed E-state index contributed by atoms with van der Waals surface area (Å²) in [7, 11) is 0. The van der Waals surface area contributed by atoms with Gasteiger partial charge in [-0.15, -0.1) is 0 Å². The molecule has 15 heavy (non-hydrogen) atoms. The minimum Gasteiger partial charge on any atom is -0.481 e. The number of carboxylic acids is 1. The van der Waals surface area contributed by atoms with E-state index in [9.17, 15) is 13.6 Å². The third kappa shape index (κ3) is 3.10. The van der Waals surface area contributed by atoms with Crippen molar-refractivity contribution in [2.45, 2.75) is 12.8 Å². The van der Waals surface area contributed by atoms with Gasteiger partial charge in [0.1, 0.15) is 5.69 Å². The average molecular weight is 300 g/mol. The second-order valence-corrected chi connectivity index (χ2v) is 3.87. The summed E-state index contributed by atoms with van der Waals surface area (Å²) in [6, 6.07) is 1.24. The molecule has 1 aromatic heterocycles. The molecule has 0 aromatic carbocycles. The first-order chi connectivity index (χ1) is 6.91. The maximum atomic E-state index is 12.4. The molecule has 0 atom stereocenters. The molecule has 0 spiro atoms. The van der Waals surface area contributed by atoms with Crippen molar-refractivity contribution in [3.05, 3.63) is 26.9 Å². The molecular formula is C8H5BrClF2NO2. The Kier molecular flexibility index (Phi) is 3.98. The fourth-order valence-electron chi connectivity index (χ4n) is 0.958. The van der Waals surface area contributed by atoms with Crippen LogP contribution in [0.1, 0.15) is 17.8 Å². The van der Waals surface area contributed by atoms with Gasteiger partial charge in [0.15, 0.2) is 0 Å². The number of halogens is 4. The number of aliphatic carboxylic acids is 1. The van der Waals surface area contributed by atoms with Gasteiger partial charge < -0.3 is 5.11 Å². The minimum absolute atomic E-state index is 0.00556. The number of alkyl halides is 2. The Bertz CT molecular complexity index is 400. The summed E-state index contributed by atoms with van der Waals surface area (Å²) >= 11 is 8.49. The van der Waals surface area contributed by atoms with Gasteiger partial charge in [0.2, 0.25) is 0 Å². The number of hydrogen-bond donors (Lipinski definition) is 1. The van der Waals surface area contributed by atoms with Crippen LogP contribution < -0.4 is 0 Å². The van der Waals surface area contributed by atoms with Gasteiger partial charge in [-0.25, -0.2) is 13.8 Å². The highest BCUT2D eigenvalue weighted by Gasteiger charge is 2.18. The monoisotopic (exact) mass is 299 g/mol. The highest BCUT2D eigenvalue weighted by molar-refractivity contribution is 9.10. The van der Waals surface area contributed by atoms with Crippen LogP contribution in [0.3, 0.4) is 0 Å². The van der Waals surface area contributed by atoms with E-state index in [1.165, 1.54) is 6.07 Å². The van der Waals surface area contributed by atoms with Gasteiger partial charge in [-0.1, -0.05) is 11.6 Å². The molecule has 3 nitrogen and oxygen atoms in total. The number of rotatable bonds is 3. The van der Waals surface area contributed by atoms with Crippen molar-refractivity contribution in [2.75, 3.05) is 0 Å². The van der Waals surface area contributed by atoms with Gasteiger partial charge in [0.05, 0.1) is 21.6 Å². The van der Waals surface area contributed by atoms with Crippen molar-refractivity contribution in [1.29, 1.82) is 0 Å². The maximum Gasteiger partial charge on any atom is 0.309 e. The number of carbonyl (C=O) groups is 1. The van der Waals surface area contributed by atoms with Crippen LogP contribution in [0, 0.1) is 0 Å². The van der Waals surface area contributed by atoms with Crippen molar-refractivity contribution in [3.63, 3.8) is 0 Å². The number of carboxylic acid groups (broad SMARTS) is 1. The third-order valence-electron chi connectivity index (χ3n) is 1.53. The number of aromatic nitrogens is 1. The van der Waals surface area contributed by atoms with Crippen molar-refractivity contribution >= 4 is 33.5 Å². The van der Waals surface area contributed by atoms with Gasteiger partial charge in [-0.05, 0) is 22.0 Å². The topological polar surface area (TPSA) is 50.2 Å². The lowest BCUT2D eigenvalue weighted by Crippen LogP contribution is -2.05. The van der Waals surface area contributed by atoms with Gasteiger partial charge in [-0.2, -0.15) is 0 Å². The maximum absolute atomic E-state index is 12.4. The molecule has 0 radical (unpaired) electrons. The molecule has 0 saturated carbocycles. The molecule has 1 N–H and O–H groups in total. The zero-order valence-corrected chi connectivity index (χ0v) is 9.52. The highest BCUT2D eigenvalue weighted by Crippen LogP contribution is 2.32. The van der Waals surface area contributed by atoms with Gasteiger partial charge in [0, 0.05) is 0 Å². The van der Waals surface area contributed by atoms with Crippen LogP contribution in [-0.4, -0.2) is 16.1 Å². The van der Waals surface area contributed by atoms with Crippen LogP contribution in [0.2, 0.25) is 5.02 Å². The van der Waals surface area contributed by atoms with Crippen molar-refractivity contribution in [1.82, 2.24) is 4.98 Å². The van der Waals surface area contributed by atoms with Gasteiger partial charge >= 0.3 is 5.97 Å². The summed E-state index contributed by atoms with van der Waals surface area (Å²) in [5, 5.41) is 8.50. The molecule has 0 amide bonds. The number of pyridine rings is 1. The predicted molar refractivity (Wildman–Crippen MR) is 53.2 cm³/mol. The largest absolute Gasteiger partial charge is 0.481 e. The third-order valence-corrected chi connectivity index (χ3v) is 2.89. The zero-order valence-electron chi connectivity index (χ0n) is 7.18. The van der Waals surface area contributed by atoms with Crippen molar-refractivity contribution in [3.8, 4) is 0 Å². The second kappa shape index (κ2) is 4.85. The molecule has 0 unspecified atom stereocenters. The van der Waals surface area contributed by atoms with E-state index in [1.54, 1.807) is 0 Å². The van der Waals surface area contributed by atoms with E-state index in [2.05, 4.69) is 20.9 Å². The smallest absolute Gasteiger partial charge is 0.309 e. The lowest BCUT2D eigenvalue weighted by molar-refractivity contribution is -0.136. The van der Waals surface area contributed by atoms with Crippen LogP contribution in [0.25, 0.3) is 0 Å². The van der Waals surface area contributed by atoms with E-state index in [1.807, 2.05) is 0 Å². The molecule has 0 bridgehead atoms. The molecule has 0 fully saturated rings. The Morgan fingerprint density at radius 2 is 2.27 bits per heavy atom. The Hall–Kier alpha value is -0.750. The van der Waals surface area contributed by atoms with E-state index in [4.69, 9.17) is 16.7 Å². The van der Waals surface area contributed by atoms with Crippen LogP contribution in [0.5, 0.6) is 0 Å². The average Bonchev–Trinajstić information content (AvgIpc) is 2.09. The predicted octanol–water partition coefficient (Wildman–Crippen LogP) is 3.06. The summed E-state index contributed by atoms with van der Waals surface area (Å²) in [6.45, 7) is 0. The Morgan fingerprint density at radius 1 is 1.67 bits per heavy atom. The first kappa shape index (κ1) is 12.3. The van der Waals surface area contributed by atoms with E-state index < -0.39 is 24.5 Å². The van der Waals surface area contributed by atoms with E-state index in [-0.39, 0.29) is 15.2 Å². The van der Waals surface area contributed by atoms with Gasteiger partial charge in [-0.3, -0.25) is 4.79 Å². The molecule has 0 aliphatic rings. The van der Waals surface area contributed by atoms with Crippen LogP contribution >= 0.6 is 27.5 Å². The zero-order chi connectivity index (χ0) is 11.6. The fourth-order valence-corrected chi connectivity index (χ4v) is 1.56. The Balaban J connectivity index is 3.17. The standard InChI is InChI=1S/C8H5BrClF2NO2/c9-6-4(10)1-3(2-5(14)15)13-7(6)8(11)12/h1,8H,2H2,(H,14,15). The van der Waals surface area contributed by atoms with E-state index in [0.717, 1.165) is 0 Å². The first-order valence-corrected chi connectivity index (χ1v) is 4.93. The molecular weight excluding hydrogens is 295 g/mol. The normalized spacial score (nSPS) is 10.7.